The zero-order chi connectivity index (χ0) is 25.1. The van der Waals surface area contributed by atoms with Crippen molar-refractivity contribution in [2.45, 2.75) is 33.1 Å². The minimum absolute atomic E-state index is 0.164. The van der Waals surface area contributed by atoms with Crippen molar-refractivity contribution in [3.05, 3.63) is 67.7 Å². The van der Waals surface area contributed by atoms with Crippen LogP contribution in [0.2, 0.25) is 10.0 Å². The molecule has 6 nitrogen and oxygen atoms in total. The molecule has 1 aliphatic rings. The van der Waals surface area contributed by atoms with Gasteiger partial charge in [-0.25, -0.2) is 4.79 Å². The molecule has 0 saturated carbocycles. The zero-order valence-corrected chi connectivity index (χ0v) is 21.4. The Labute approximate surface area is 217 Å². The van der Waals surface area contributed by atoms with Crippen molar-refractivity contribution >= 4 is 57.5 Å². The first-order valence-electron chi connectivity index (χ1n) is 11.1. The number of nitrogens with zero attached hydrogens (tertiary/aromatic N) is 1. The number of anilines is 1. The summed E-state index contributed by atoms with van der Waals surface area (Å²) in [5.41, 5.74) is 1.79. The summed E-state index contributed by atoms with van der Waals surface area (Å²) in [6.07, 6.45) is 3.90. The highest BCUT2D eigenvalue weighted by Gasteiger charge is 2.29. The summed E-state index contributed by atoms with van der Waals surface area (Å²) in [6.45, 7) is 4.13. The molecule has 0 radical (unpaired) electrons. The molecule has 0 bridgehead atoms. The molecule has 1 aromatic carbocycles. The molecule has 0 aliphatic heterocycles. The molecule has 1 atom stereocenters. The highest BCUT2D eigenvalue weighted by atomic mass is 35.5. The van der Waals surface area contributed by atoms with Crippen molar-refractivity contribution in [1.82, 2.24) is 0 Å². The van der Waals surface area contributed by atoms with Gasteiger partial charge in [0.1, 0.15) is 28.2 Å². The van der Waals surface area contributed by atoms with Gasteiger partial charge in [0, 0.05) is 21.5 Å². The number of hydrogen-bond acceptors (Lipinski definition) is 6. The van der Waals surface area contributed by atoms with Crippen LogP contribution in [0, 0.1) is 17.2 Å². The van der Waals surface area contributed by atoms with Gasteiger partial charge in [-0.3, -0.25) is 4.79 Å². The normalized spacial score (nSPS) is 15.3. The summed E-state index contributed by atoms with van der Waals surface area (Å²) in [4.78, 5) is 26.8. The quantitative estimate of drug-likeness (QED) is 0.208. The number of halogens is 2. The number of hydrogen-bond donors (Lipinski definition) is 1. The van der Waals surface area contributed by atoms with Gasteiger partial charge in [0.05, 0.1) is 17.2 Å². The second-order valence-electron chi connectivity index (χ2n) is 8.23. The maximum absolute atomic E-state index is 13.0. The Bertz CT molecular complexity index is 1370. The molecule has 2 heterocycles. The van der Waals surface area contributed by atoms with Gasteiger partial charge in [0.2, 0.25) is 0 Å². The zero-order valence-electron chi connectivity index (χ0n) is 19.1. The minimum atomic E-state index is -0.632. The molecule has 3 aromatic rings. The lowest BCUT2D eigenvalue weighted by atomic mass is 9.88. The van der Waals surface area contributed by atoms with Crippen LogP contribution in [0.15, 0.2) is 40.3 Å². The molecule has 1 unspecified atom stereocenters. The summed E-state index contributed by atoms with van der Waals surface area (Å²) in [5, 5.41) is 13.7. The first-order valence-corrected chi connectivity index (χ1v) is 12.7. The third kappa shape index (κ3) is 5.46. The Morgan fingerprint density at radius 1 is 1.31 bits per heavy atom. The van der Waals surface area contributed by atoms with Crippen LogP contribution in [0.1, 0.15) is 46.8 Å². The van der Waals surface area contributed by atoms with Crippen LogP contribution in [-0.2, 0) is 22.4 Å². The molecule has 0 fully saturated rings. The van der Waals surface area contributed by atoms with Crippen LogP contribution < -0.4 is 5.32 Å². The van der Waals surface area contributed by atoms with Gasteiger partial charge in [-0.2, -0.15) is 5.26 Å². The number of carbonyl (C=O) groups excluding carboxylic acids is 2. The van der Waals surface area contributed by atoms with E-state index in [0.29, 0.717) is 43.6 Å². The van der Waals surface area contributed by atoms with Gasteiger partial charge in [-0.1, -0.05) is 30.1 Å². The Morgan fingerprint density at radius 3 is 2.83 bits per heavy atom. The predicted molar refractivity (Wildman–Crippen MR) is 138 cm³/mol. The van der Waals surface area contributed by atoms with Crippen LogP contribution in [0.4, 0.5) is 5.00 Å². The van der Waals surface area contributed by atoms with E-state index in [1.54, 1.807) is 37.3 Å². The van der Waals surface area contributed by atoms with Crippen molar-refractivity contribution < 1.29 is 18.7 Å². The number of nitrogens with one attached hydrogen (secondary N) is 1. The number of carbonyl (C=O) groups is 2. The van der Waals surface area contributed by atoms with E-state index in [1.165, 1.54) is 17.4 Å². The molecule has 9 heteroatoms. The number of ether oxygens (including phenoxy) is 1. The van der Waals surface area contributed by atoms with Gasteiger partial charge in [-0.05, 0) is 68.0 Å². The van der Waals surface area contributed by atoms with Crippen molar-refractivity contribution in [3.8, 4) is 17.4 Å². The Kier molecular flexibility index (Phi) is 7.66. The average Bonchev–Trinajstić information content (AvgIpc) is 3.41. The van der Waals surface area contributed by atoms with E-state index in [0.717, 1.165) is 29.7 Å². The Morgan fingerprint density at radius 2 is 2.11 bits per heavy atom. The second kappa shape index (κ2) is 10.7. The van der Waals surface area contributed by atoms with Gasteiger partial charge >= 0.3 is 5.97 Å². The van der Waals surface area contributed by atoms with E-state index in [2.05, 4.69) is 12.2 Å². The maximum atomic E-state index is 13.0. The van der Waals surface area contributed by atoms with Gasteiger partial charge in [0.25, 0.3) is 5.91 Å². The topological polar surface area (TPSA) is 92.3 Å². The lowest BCUT2D eigenvalue weighted by Crippen LogP contribution is -2.17. The summed E-state index contributed by atoms with van der Waals surface area (Å²) in [7, 11) is 0. The molecule has 1 amide bonds. The lowest BCUT2D eigenvalue weighted by Gasteiger charge is -2.18. The molecule has 1 aliphatic carbocycles. The SMILES string of the molecule is CCOC(=O)c1c(NC(=O)C(C#N)=Cc2ccc(-c3ccc(Cl)cc3Cl)o2)sc2c1CCC(C)C2. The summed E-state index contributed by atoms with van der Waals surface area (Å²) in [6, 6.07) is 10.3. The summed E-state index contributed by atoms with van der Waals surface area (Å²) in [5.74, 6) is 0.180. The van der Waals surface area contributed by atoms with Crippen molar-refractivity contribution in [2.24, 2.45) is 5.92 Å². The molecule has 35 heavy (non-hydrogen) atoms. The van der Waals surface area contributed by atoms with Crippen LogP contribution >= 0.6 is 34.5 Å². The maximum Gasteiger partial charge on any atom is 0.341 e. The van der Waals surface area contributed by atoms with E-state index in [1.807, 2.05) is 6.07 Å². The Balaban J connectivity index is 1.60. The van der Waals surface area contributed by atoms with E-state index >= 15 is 0 Å². The fourth-order valence-corrected chi connectivity index (χ4v) is 5.88. The fraction of sp³-hybridized carbons (Fsp3) is 0.269. The molecule has 1 N–H and O–H groups in total. The third-order valence-corrected chi connectivity index (χ3v) is 7.41. The molecule has 180 valence electrons. The molecule has 0 saturated heterocycles. The summed E-state index contributed by atoms with van der Waals surface area (Å²) < 4.78 is 11.0. The number of fused-ring (bicyclic) bond motifs is 1. The van der Waals surface area contributed by atoms with Gasteiger partial charge < -0.3 is 14.5 Å². The average molecular weight is 529 g/mol. The highest BCUT2D eigenvalue weighted by molar-refractivity contribution is 7.17. The number of esters is 1. The van der Waals surface area contributed by atoms with E-state index in [-0.39, 0.29) is 12.2 Å². The smallest absolute Gasteiger partial charge is 0.341 e. The van der Waals surface area contributed by atoms with Gasteiger partial charge in [-0.15, -0.1) is 11.3 Å². The number of nitriles is 1. The number of benzene rings is 1. The fourth-order valence-electron chi connectivity index (χ4n) is 3.98. The number of thiophene rings is 1. The molecule has 2 aromatic heterocycles. The molecule has 4 rings (SSSR count). The number of rotatable bonds is 6. The number of amides is 1. The van der Waals surface area contributed by atoms with Crippen molar-refractivity contribution in [1.29, 1.82) is 5.26 Å². The second-order valence-corrected chi connectivity index (χ2v) is 10.2. The van der Waals surface area contributed by atoms with E-state index in [9.17, 15) is 14.9 Å². The Hall–Kier alpha value is -3.05. The van der Waals surface area contributed by atoms with Gasteiger partial charge in [0.15, 0.2) is 0 Å². The van der Waals surface area contributed by atoms with E-state index in [4.69, 9.17) is 32.4 Å². The van der Waals surface area contributed by atoms with Crippen molar-refractivity contribution in [2.75, 3.05) is 11.9 Å². The first kappa shape index (κ1) is 25.1. The van der Waals surface area contributed by atoms with Crippen LogP contribution in [0.5, 0.6) is 0 Å². The summed E-state index contributed by atoms with van der Waals surface area (Å²) >= 11 is 13.6. The molecular weight excluding hydrogens is 507 g/mol. The highest BCUT2D eigenvalue weighted by Crippen LogP contribution is 2.40. The molecule has 0 spiro atoms. The third-order valence-electron chi connectivity index (χ3n) is 5.69. The standard InChI is InChI=1S/C26H22Cl2N2O4S/c1-3-33-26(32)23-19-7-4-14(2)10-22(19)35-25(23)30-24(31)15(13-29)11-17-6-9-21(34-17)18-8-5-16(27)12-20(18)28/h5-6,8-9,11-12,14H,3-4,7,10H2,1-2H3,(H,30,31). The van der Waals surface area contributed by atoms with Crippen LogP contribution in [0.3, 0.4) is 0 Å². The first-order chi connectivity index (χ1) is 16.8. The molecular formula is C26H22Cl2N2O4S. The predicted octanol–water partition coefficient (Wildman–Crippen LogP) is 7.16. The lowest BCUT2D eigenvalue weighted by molar-refractivity contribution is -0.112. The number of furan rings is 1. The monoisotopic (exact) mass is 528 g/mol. The minimum Gasteiger partial charge on any atom is -0.462 e. The van der Waals surface area contributed by atoms with Crippen molar-refractivity contribution in [3.63, 3.8) is 0 Å². The van der Waals surface area contributed by atoms with Crippen LogP contribution in [-0.4, -0.2) is 18.5 Å². The van der Waals surface area contributed by atoms with Crippen LogP contribution in [0.25, 0.3) is 17.4 Å². The largest absolute Gasteiger partial charge is 0.462 e. The van der Waals surface area contributed by atoms with E-state index < -0.39 is 11.9 Å².